The van der Waals surface area contributed by atoms with Gasteiger partial charge in [0.15, 0.2) is 5.13 Å². The number of hydrogen-bond acceptors (Lipinski definition) is 7. The Bertz CT molecular complexity index is 972. The molecule has 5 nitrogen and oxygen atoms in total. The van der Waals surface area contributed by atoms with E-state index in [1.54, 1.807) is 18.3 Å². The maximum atomic E-state index is 14.0. The Morgan fingerprint density at radius 1 is 1.31 bits per heavy atom. The van der Waals surface area contributed by atoms with Crippen LogP contribution in [0.2, 0.25) is 0 Å². The number of rotatable bonds is 4. The van der Waals surface area contributed by atoms with Crippen LogP contribution in [0.4, 0.5) is 20.9 Å². The van der Waals surface area contributed by atoms with Gasteiger partial charge in [-0.3, -0.25) is 0 Å². The average Bonchev–Trinajstić information content (AvgIpc) is 3.19. The summed E-state index contributed by atoms with van der Waals surface area (Å²) in [5.74, 6) is 0.188. The number of anilines is 3. The third-order valence-corrected chi connectivity index (χ3v) is 5.48. The lowest BCUT2D eigenvalue weighted by Crippen LogP contribution is -2.29. The van der Waals surface area contributed by atoms with E-state index < -0.39 is 5.82 Å². The van der Waals surface area contributed by atoms with Crippen molar-refractivity contribution in [3.8, 4) is 11.8 Å². The van der Waals surface area contributed by atoms with Crippen molar-refractivity contribution in [3.63, 3.8) is 0 Å². The Labute approximate surface area is 158 Å². The summed E-state index contributed by atoms with van der Waals surface area (Å²) in [7, 11) is 0. The lowest BCUT2D eigenvalue weighted by Gasteiger charge is -2.32. The van der Waals surface area contributed by atoms with E-state index >= 15 is 0 Å². The summed E-state index contributed by atoms with van der Waals surface area (Å²) in [5.41, 5.74) is 1.42. The first-order chi connectivity index (χ1) is 12.8. The minimum Gasteiger partial charge on any atom is -0.489 e. The van der Waals surface area contributed by atoms with Gasteiger partial charge in [0.2, 0.25) is 0 Å². The van der Waals surface area contributed by atoms with Crippen molar-refractivity contribution in [2.75, 3.05) is 22.8 Å². The van der Waals surface area contributed by atoms with Crippen LogP contribution in [0.15, 0.2) is 52.9 Å². The first-order valence-electron chi connectivity index (χ1n) is 7.81. The SMILES string of the molecule is N#Cc1c(F)cccc1N1CCOc2cc(SNc3nccs3)ccc21. The second-order valence-electron chi connectivity index (χ2n) is 5.42. The minimum absolute atomic E-state index is 0.0456. The molecule has 130 valence electrons. The van der Waals surface area contributed by atoms with Crippen LogP contribution in [0.25, 0.3) is 0 Å². The first-order valence-corrected chi connectivity index (χ1v) is 9.51. The summed E-state index contributed by atoms with van der Waals surface area (Å²) in [6.07, 6.45) is 1.74. The Kier molecular flexibility index (Phi) is 4.65. The van der Waals surface area contributed by atoms with Gasteiger partial charge in [0.25, 0.3) is 0 Å². The van der Waals surface area contributed by atoms with Crippen LogP contribution in [0.3, 0.4) is 0 Å². The predicted octanol–water partition coefficient (Wildman–Crippen LogP) is 4.80. The fourth-order valence-electron chi connectivity index (χ4n) is 2.74. The molecule has 1 N–H and O–H groups in total. The number of benzene rings is 2. The predicted molar refractivity (Wildman–Crippen MR) is 102 cm³/mol. The van der Waals surface area contributed by atoms with Crippen molar-refractivity contribution in [2.24, 2.45) is 0 Å². The summed E-state index contributed by atoms with van der Waals surface area (Å²) in [5, 5.41) is 12.1. The number of ether oxygens (including phenoxy) is 1. The summed E-state index contributed by atoms with van der Waals surface area (Å²) in [6.45, 7) is 1.01. The van der Waals surface area contributed by atoms with Gasteiger partial charge < -0.3 is 14.4 Å². The number of nitriles is 1. The van der Waals surface area contributed by atoms with Gasteiger partial charge in [0, 0.05) is 16.5 Å². The fraction of sp³-hybridized carbons (Fsp3) is 0.111. The Balaban J connectivity index is 1.63. The molecule has 0 saturated heterocycles. The van der Waals surface area contributed by atoms with Crippen molar-refractivity contribution in [1.82, 2.24) is 4.98 Å². The summed E-state index contributed by atoms with van der Waals surface area (Å²) in [4.78, 5) is 7.07. The first kappa shape index (κ1) is 16.7. The zero-order valence-electron chi connectivity index (χ0n) is 13.5. The number of fused-ring (bicyclic) bond motifs is 1. The highest BCUT2D eigenvalue weighted by Crippen LogP contribution is 2.40. The monoisotopic (exact) mass is 384 g/mol. The lowest BCUT2D eigenvalue weighted by molar-refractivity contribution is 0.313. The van der Waals surface area contributed by atoms with Gasteiger partial charge >= 0.3 is 0 Å². The molecule has 0 radical (unpaired) electrons. The highest BCUT2D eigenvalue weighted by Gasteiger charge is 2.23. The molecule has 0 atom stereocenters. The Hall–Kier alpha value is -2.76. The quantitative estimate of drug-likeness (QED) is 0.652. The Morgan fingerprint density at radius 2 is 2.23 bits per heavy atom. The molecule has 0 fully saturated rings. The van der Waals surface area contributed by atoms with E-state index in [0.29, 0.717) is 24.6 Å². The number of hydrogen-bond donors (Lipinski definition) is 1. The molecule has 0 amide bonds. The van der Waals surface area contributed by atoms with E-state index in [9.17, 15) is 9.65 Å². The van der Waals surface area contributed by atoms with Crippen LogP contribution in [-0.4, -0.2) is 18.1 Å². The maximum absolute atomic E-state index is 14.0. The Morgan fingerprint density at radius 3 is 3.04 bits per heavy atom. The van der Waals surface area contributed by atoms with Crippen LogP contribution in [0, 0.1) is 17.1 Å². The molecule has 2 heterocycles. The van der Waals surface area contributed by atoms with Crippen LogP contribution < -0.4 is 14.4 Å². The fourth-order valence-corrected chi connectivity index (χ4v) is 3.99. The number of nitrogens with zero attached hydrogens (tertiary/aromatic N) is 3. The largest absolute Gasteiger partial charge is 0.489 e. The highest BCUT2D eigenvalue weighted by molar-refractivity contribution is 8.00. The van der Waals surface area contributed by atoms with E-state index in [2.05, 4.69) is 9.71 Å². The maximum Gasteiger partial charge on any atom is 0.192 e. The molecule has 4 rings (SSSR count). The normalized spacial score (nSPS) is 12.8. The number of halogens is 1. The molecule has 0 spiro atoms. The number of aromatic nitrogens is 1. The van der Waals surface area contributed by atoms with Gasteiger partial charge in [0.1, 0.15) is 29.8 Å². The van der Waals surface area contributed by atoms with E-state index in [4.69, 9.17) is 4.74 Å². The minimum atomic E-state index is -0.516. The summed E-state index contributed by atoms with van der Waals surface area (Å²) in [6, 6.07) is 12.4. The summed E-state index contributed by atoms with van der Waals surface area (Å²) >= 11 is 2.97. The molecule has 8 heteroatoms. The molecular formula is C18H13FN4OS2. The molecule has 1 aromatic heterocycles. The van der Waals surface area contributed by atoms with Crippen molar-refractivity contribution in [1.29, 1.82) is 5.26 Å². The zero-order chi connectivity index (χ0) is 17.9. The highest BCUT2D eigenvalue weighted by atomic mass is 32.2. The van der Waals surface area contributed by atoms with E-state index in [-0.39, 0.29) is 5.56 Å². The van der Waals surface area contributed by atoms with Crippen molar-refractivity contribution in [2.45, 2.75) is 4.90 Å². The van der Waals surface area contributed by atoms with Crippen molar-refractivity contribution in [3.05, 3.63) is 59.4 Å². The van der Waals surface area contributed by atoms with Crippen LogP contribution in [0.5, 0.6) is 5.75 Å². The standard InChI is InChI=1S/C18H13FN4OS2/c19-14-2-1-3-15(13(14)11-20)23-7-8-24-17-10-12(4-5-16(17)23)26-22-18-21-6-9-25-18/h1-6,9-10H,7-8H2,(H,21,22). The average molecular weight is 384 g/mol. The van der Waals surface area contributed by atoms with Gasteiger partial charge in [-0.25, -0.2) is 9.37 Å². The topological polar surface area (TPSA) is 61.2 Å². The third-order valence-electron chi connectivity index (χ3n) is 3.88. The second kappa shape index (κ2) is 7.23. The van der Waals surface area contributed by atoms with Gasteiger partial charge in [-0.1, -0.05) is 6.07 Å². The molecule has 3 aromatic rings. The number of thiazole rings is 1. The van der Waals surface area contributed by atoms with Gasteiger partial charge in [0.05, 0.1) is 17.9 Å². The molecule has 0 unspecified atom stereocenters. The molecule has 2 aromatic carbocycles. The molecule has 1 aliphatic heterocycles. The summed E-state index contributed by atoms with van der Waals surface area (Å²) < 4.78 is 22.9. The zero-order valence-corrected chi connectivity index (χ0v) is 15.1. The van der Waals surface area contributed by atoms with E-state index in [1.165, 1.54) is 29.4 Å². The van der Waals surface area contributed by atoms with Crippen LogP contribution >= 0.6 is 23.3 Å². The molecule has 26 heavy (non-hydrogen) atoms. The molecule has 0 aliphatic carbocycles. The van der Waals surface area contributed by atoms with Crippen molar-refractivity contribution < 1.29 is 9.13 Å². The van der Waals surface area contributed by atoms with Crippen molar-refractivity contribution >= 4 is 39.8 Å². The van der Waals surface area contributed by atoms with Crippen LogP contribution in [-0.2, 0) is 0 Å². The second-order valence-corrected chi connectivity index (χ2v) is 7.19. The molecule has 0 saturated carbocycles. The van der Waals surface area contributed by atoms with Gasteiger partial charge in [-0.15, -0.1) is 11.3 Å². The molecule has 1 aliphatic rings. The van der Waals surface area contributed by atoms with Gasteiger partial charge in [-0.2, -0.15) is 5.26 Å². The lowest BCUT2D eigenvalue weighted by atomic mass is 10.1. The smallest absolute Gasteiger partial charge is 0.192 e. The number of nitrogens with one attached hydrogen (secondary N) is 1. The van der Waals surface area contributed by atoms with E-state index in [0.717, 1.165) is 15.7 Å². The third kappa shape index (κ3) is 3.19. The van der Waals surface area contributed by atoms with E-state index in [1.807, 2.05) is 34.5 Å². The molecular weight excluding hydrogens is 371 g/mol. The van der Waals surface area contributed by atoms with Gasteiger partial charge in [-0.05, 0) is 42.3 Å². The van der Waals surface area contributed by atoms with Crippen LogP contribution in [0.1, 0.15) is 5.56 Å². The molecule has 0 bridgehead atoms.